The van der Waals surface area contributed by atoms with Gasteiger partial charge in [0.1, 0.15) is 11.6 Å². The summed E-state index contributed by atoms with van der Waals surface area (Å²) < 4.78 is 4.98. The average molecular weight is 286 g/mol. The Morgan fingerprint density at radius 1 is 1.35 bits per heavy atom. The van der Waals surface area contributed by atoms with Crippen molar-refractivity contribution in [3.8, 4) is 0 Å². The van der Waals surface area contributed by atoms with Crippen LogP contribution in [0.1, 0.15) is 33.6 Å². The molecular weight excluding hydrogens is 264 g/mol. The van der Waals surface area contributed by atoms with Gasteiger partial charge in [-0.15, -0.1) is 0 Å². The van der Waals surface area contributed by atoms with Crippen LogP contribution < -0.4 is 10.6 Å². The monoisotopic (exact) mass is 286 g/mol. The molecule has 0 heterocycles. The van der Waals surface area contributed by atoms with Gasteiger partial charge in [-0.2, -0.15) is 0 Å². The molecule has 2 amide bonds. The van der Waals surface area contributed by atoms with E-state index in [1.807, 2.05) is 0 Å². The Morgan fingerprint density at radius 2 is 1.95 bits per heavy atom. The van der Waals surface area contributed by atoms with Gasteiger partial charge in [-0.3, -0.25) is 4.79 Å². The molecule has 0 spiro atoms. The molecule has 0 aliphatic heterocycles. The van der Waals surface area contributed by atoms with Crippen molar-refractivity contribution < 1.29 is 24.2 Å². The van der Waals surface area contributed by atoms with E-state index in [0.29, 0.717) is 13.0 Å². The molecule has 0 aromatic carbocycles. The molecule has 114 valence electrons. The van der Waals surface area contributed by atoms with Gasteiger partial charge in [-0.05, 0) is 39.7 Å². The lowest BCUT2D eigenvalue weighted by Crippen LogP contribution is -2.43. The molecule has 7 nitrogen and oxygen atoms in total. The zero-order valence-electron chi connectivity index (χ0n) is 12.1. The third-order valence-corrected chi connectivity index (χ3v) is 2.14. The highest BCUT2D eigenvalue weighted by atomic mass is 16.6. The summed E-state index contributed by atoms with van der Waals surface area (Å²) in [4.78, 5) is 33.4. The topological polar surface area (TPSA) is 105 Å². The maximum Gasteiger partial charge on any atom is 0.408 e. The molecule has 7 heteroatoms. The Hall–Kier alpha value is -2.05. The fraction of sp³-hybridized carbons (Fsp3) is 0.615. The number of rotatable bonds is 7. The number of carbonyl (C=O) groups excluding carboxylic acids is 2. The van der Waals surface area contributed by atoms with Gasteiger partial charge in [0.2, 0.25) is 5.91 Å². The number of amides is 2. The molecule has 0 rings (SSSR count). The fourth-order valence-corrected chi connectivity index (χ4v) is 1.30. The number of alkyl carbamates (subject to hydrolysis) is 1. The third kappa shape index (κ3) is 8.96. The molecule has 0 aliphatic carbocycles. The number of carboxylic acids is 1. The van der Waals surface area contributed by atoms with E-state index in [9.17, 15) is 14.4 Å². The molecule has 3 N–H and O–H groups in total. The number of ether oxygens (including phenoxy) is 1. The van der Waals surface area contributed by atoms with Crippen LogP contribution in [0.5, 0.6) is 0 Å². The van der Waals surface area contributed by atoms with Crippen molar-refractivity contribution in [3.05, 3.63) is 12.7 Å². The van der Waals surface area contributed by atoms with Crippen LogP contribution in [0.3, 0.4) is 0 Å². The van der Waals surface area contributed by atoms with Crippen LogP contribution in [-0.2, 0) is 14.3 Å². The Labute approximate surface area is 118 Å². The van der Waals surface area contributed by atoms with Crippen LogP contribution in [0.2, 0.25) is 0 Å². The molecule has 0 saturated carbocycles. The first-order valence-electron chi connectivity index (χ1n) is 6.28. The standard InChI is InChI=1S/C13H22N2O5/c1-5-10(16)14-8-6-7-9(11(17)18)15-12(19)20-13(2,3)4/h5,9H,1,6-8H2,2-4H3,(H,14,16)(H,15,19)(H,17,18). The SMILES string of the molecule is C=CC(=O)NCCCC(NC(=O)OC(C)(C)C)C(=O)O. The molecule has 20 heavy (non-hydrogen) atoms. The van der Waals surface area contributed by atoms with Crippen molar-refractivity contribution in [3.63, 3.8) is 0 Å². The van der Waals surface area contributed by atoms with Crippen molar-refractivity contribution in [2.45, 2.75) is 45.3 Å². The first kappa shape index (κ1) is 17.9. The minimum absolute atomic E-state index is 0.187. The van der Waals surface area contributed by atoms with Crippen LogP contribution in [0.4, 0.5) is 4.79 Å². The Bertz CT molecular complexity index is 373. The molecule has 0 fully saturated rings. The summed E-state index contributed by atoms with van der Waals surface area (Å²) in [6.45, 7) is 8.67. The largest absolute Gasteiger partial charge is 0.480 e. The van der Waals surface area contributed by atoms with Crippen LogP contribution in [-0.4, -0.2) is 41.3 Å². The molecule has 0 aliphatic rings. The van der Waals surface area contributed by atoms with Crippen molar-refractivity contribution in [1.82, 2.24) is 10.6 Å². The maximum absolute atomic E-state index is 11.5. The van der Waals surface area contributed by atoms with Crippen LogP contribution >= 0.6 is 0 Å². The second-order valence-corrected chi connectivity index (χ2v) is 5.17. The van der Waals surface area contributed by atoms with Crippen molar-refractivity contribution in [1.29, 1.82) is 0 Å². The predicted octanol–water partition coefficient (Wildman–Crippen LogP) is 1.05. The van der Waals surface area contributed by atoms with Gasteiger partial charge >= 0.3 is 12.1 Å². The maximum atomic E-state index is 11.5. The number of hydrogen-bond donors (Lipinski definition) is 3. The molecule has 0 aromatic rings. The molecule has 1 atom stereocenters. The van der Waals surface area contributed by atoms with Crippen LogP contribution in [0.15, 0.2) is 12.7 Å². The van der Waals surface area contributed by atoms with E-state index >= 15 is 0 Å². The van der Waals surface area contributed by atoms with E-state index in [4.69, 9.17) is 9.84 Å². The summed E-state index contributed by atoms with van der Waals surface area (Å²) in [5, 5.41) is 13.8. The van der Waals surface area contributed by atoms with E-state index < -0.39 is 23.7 Å². The summed E-state index contributed by atoms with van der Waals surface area (Å²) in [5.41, 5.74) is -0.689. The summed E-state index contributed by atoms with van der Waals surface area (Å²) in [7, 11) is 0. The molecule has 0 radical (unpaired) electrons. The Kier molecular flexibility index (Phi) is 7.35. The summed E-state index contributed by atoms with van der Waals surface area (Å²) in [5.74, 6) is -1.47. The van der Waals surface area contributed by atoms with E-state index in [1.54, 1.807) is 20.8 Å². The van der Waals surface area contributed by atoms with Gasteiger partial charge in [0, 0.05) is 6.54 Å². The highest BCUT2D eigenvalue weighted by molar-refractivity contribution is 5.86. The fourth-order valence-electron chi connectivity index (χ4n) is 1.30. The van der Waals surface area contributed by atoms with Gasteiger partial charge in [0.05, 0.1) is 0 Å². The van der Waals surface area contributed by atoms with Crippen LogP contribution in [0, 0.1) is 0 Å². The van der Waals surface area contributed by atoms with E-state index in [-0.39, 0.29) is 12.3 Å². The van der Waals surface area contributed by atoms with Crippen LogP contribution in [0.25, 0.3) is 0 Å². The minimum atomic E-state index is -1.15. The van der Waals surface area contributed by atoms with Crippen molar-refractivity contribution in [2.24, 2.45) is 0 Å². The highest BCUT2D eigenvalue weighted by Gasteiger charge is 2.23. The predicted molar refractivity (Wildman–Crippen MR) is 73.2 cm³/mol. The lowest BCUT2D eigenvalue weighted by Gasteiger charge is -2.22. The summed E-state index contributed by atoms with van der Waals surface area (Å²) in [6, 6.07) is -1.05. The number of hydrogen-bond acceptors (Lipinski definition) is 4. The van der Waals surface area contributed by atoms with E-state index in [2.05, 4.69) is 17.2 Å². The van der Waals surface area contributed by atoms with E-state index in [1.165, 1.54) is 0 Å². The minimum Gasteiger partial charge on any atom is -0.480 e. The Balaban J connectivity index is 4.18. The first-order valence-corrected chi connectivity index (χ1v) is 6.28. The van der Waals surface area contributed by atoms with Crippen molar-refractivity contribution in [2.75, 3.05) is 6.54 Å². The third-order valence-electron chi connectivity index (χ3n) is 2.14. The molecule has 1 unspecified atom stereocenters. The number of nitrogens with one attached hydrogen (secondary N) is 2. The molecular formula is C13H22N2O5. The first-order chi connectivity index (χ1) is 9.15. The second-order valence-electron chi connectivity index (χ2n) is 5.17. The number of aliphatic carboxylic acids is 1. The van der Waals surface area contributed by atoms with E-state index in [0.717, 1.165) is 6.08 Å². The molecule has 0 bridgehead atoms. The zero-order valence-corrected chi connectivity index (χ0v) is 12.1. The second kappa shape index (κ2) is 8.19. The normalized spacial score (nSPS) is 12.2. The average Bonchev–Trinajstić information content (AvgIpc) is 2.29. The highest BCUT2D eigenvalue weighted by Crippen LogP contribution is 2.07. The van der Waals surface area contributed by atoms with Gasteiger partial charge in [0.25, 0.3) is 0 Å². The summed E-state index contributed by atoms with van der Waals surface area (Å²) >= 11 is 0. The smallest absolute Gasteiger partial charge is 0.408 e. The summed E-state index contributed by atoms with van der Waals surface area (Å²) in [6.07, 6.45) is 0.950. The van der Waals surface area contributed by atoms with Gasteiger partial charge < -0.3 is 20.5 Å². The quantitative estimate of drug-likeness (QED) is 0.479. The number of carboxylic acid groups (broad SMARTS) is 1. The number of carbonyl (C=O) groups is 3. The lowest BCUT2D eigenvalue weighted by atomic mass is 10.1. The molecule has 0 saturated heterocycles. The van der Waals surface area contributed by atoms with Gasteiger partial charge in [0.15, 0.2) is 0 Å². The molecule has 0 aromatic heterocycles. The zero-order chi connectivity index (χ0) is 15.8. The Morgan fingerprint density at radius 3 is 2.40 bits per heavy atom. The van der Waals surface area contributed by atoms with Crippen molar-refractivity contribution >= 4 is 18.0 Å². The van der Waals surface area contributed by atoms with Gasteiger partial charge in [-0.1, -0.05) is 6.58 Å². The van der Waals surface area contributed by atoms with Gasteiger partial charge in [-0.25, -0.2) is 9.59 Å². The lowest BCUT2D eigenvalue weighted by molar-refractivity contribution is -0.139.